The summed E-state index contributed by atoms with van der Waals surface area (Å²) >= 11 is 0. The second kappa shape index (κ2) is 11.9. The van der Waals surface area contributed by atoms with Crippen molar-refractivity contribution in [2.75, 3.05) is 48.4 Å². The average molecular weight is 567 g/mol. The first kappa shape index (κ1) is 28.8. The minimum Gasteiger partial charge on any atom is -0.481 e. The molecule has 0 aliphatic carbocycles. The lowest BCUT2D eigenvalue weighted by atomic mass is 9.98. The summed E-state index contributed by atoms with van der Waals surface area (Å²) in [6, 6.07) is 18.1. The van der Waals surface area contributed by atoms with Crippen LogP contribution in [0.4, 0.5) is 21.5 Å². The first-order valence-electron chi connectivity index (χ1n) is 12.6. The van der Waals surface area contributed by atoms with Gasteiger partial charge in [0.05, 0.1) is 28.9 Å². The number of nitrogens with zero attached hydrogens (tertiary/aromatic N) is 2. The number of amides is 1. The zero-order valence-electron chi connectivity index (χ0n) is 22.4. The molecule has 3 N–H and O–H groups in total. The van der Waals surface area contributed by atoms with Crippen molar-refractivity contribution < 1.29 is 27.5 Å². The molecule has 11 heteroatoms. The number of hydrogen-bond donors (Lipinski definition) is 3. The average Bonchev–Trinajstić information content (AvgIpc) is 3.20. The van der Waals surface area contributed by atoms with Crippen LogP contribution in [0.5, 0.6) is 0 Å². The highest BCUT2D eigenvalue weighted by Crippen LogP contribution is 2.38. The van der Waals surface area contributed by atoms with Crippen LogP contribution in [-0.4, -0.2) is 63.7 Å². The van der Waals surface area contributed by atoms with Gasteiger partial charge in [-0.05, 0) is 74.1 Å². The fraction of sp³-hybridized carbons (Fsp3) is 0.241. The number of benzene rings is 3. The third-order valence-electron chi connectivity index (χ3n) is 6.42. The standard InChI is InChI=1S/C29H31FN4O5S/c1-33(2)16-17-34(40(3,38)39)23-12-10-22(11-13-23)31-28(20-7-4-19(5-8-20)6-15-26(35)36)27-24-14-9-21(30)18-25(24)32-29(27)37/h4-5,7-14,18,31H,6,15-17H2,1-3H3,(H,32,37)(H,35,36)/b28-27-. The molecule has 0 unspecified atom stereocenters. The minimum atomic E-state index is -3.51. The predicted molar refractivity (Wildman–Crippen MR) is 155 cm³/mol. The van der Waals surface area contributed by atoms with Gasteiger partial charge in [0.2, 0.25) is 10.0 Å². The molecule has 0 atom stereocenters. The molecule has 3 aromatic rings. The number of aryl methyl sites for hydroxylation is 1. The van der Waals surface area contributed by atoms with Gasteiger partial charge < -0.3 is 20.6 Å². The second-order valence-corrected chi connectivity index (χ2v) is 11.7. The maximum Gasteiger partial charge on any atom is 0.303 e. The summed E-state index contributed by atoms with van der Waals surface area (Å²) in [5.74, 6) is -1.76. The Bertz CT molecular complexity index is 1550. The lowest BCUT2D eigenvalue weighted by Crippen LogP contribution is -2.35. The molecule has 0 aromatic heterocycles. The van der Waals surface area contributed by atoms with E-state index in [1.165, 1.54) is 16.4 Å². The molecule has 9 nitrogen and oxygen atoms in total. The van der Waals surface area contributed by atoms with E-state index in [-0.39, 0.29) is 13.0 Å². The number of carbonyl (C=O) groups is 2. The number of fused-ring (bicyclic) bond motifs is 1. The fourth-order valence-corrected chi connectivity index (χ4v) is 5.31. The van der Waals surface area contributed by atoms with E-state index in [1.807, 2.05) is 19.0 Å². The third kappa shape index (κ3) is 6.85. The highest BCUT2D eigenvalue weighted by Gasteiger charge is 2.29. The topological polar surface area (TPSA) is 119 Å². The van der Waals surface area contributed by atoms with Crippen molar-refractivity contribution in [2.45, 2.75) is 12.8 Å². The maximum absolute atomic E-state index is 13.9. The first-order chi connectivity index (χ1) is 18.9. The summed E-state index contributed by atoms with van der Waals surface area (Å²) in [6.45, 7) is 0.830. The minimum absolute atomic E-state index is 0.00171. The molecule has 40 heavy (non-hydrogen) atoms. The lowest BCUT2D eigenvalue weighted by Gasteiger charge is -2.24. The molecule has 1 aliphatic heterocycles. The van der Waals surface area contributed by atoms with Gasteiger partial charge in [0, 0.05) is 30.8 Å². The van der Waals surface area contributed by atoms with E-state index in [0.29, 0.717) is 52.4 Å². The Kier molecular flexibility index (Phi) is 8.55. The molecule has 0 bridgehead atoms. The van der Waals surface area contributed by atoms with Crippen LogP contribution < -0.4 is 14.9 Å². The van der Waals surface area contributed by atoms with Crippen LogP contribution in [0.2, 0.25) is 0 Å². The summed E-state index contributed by atoms with van der Waals surface area (Å²) in [5.41, 5.74) is 4.28. The van der Waals surface area contributed by atoms with Gasteiger partial charge in [0.1, 0.15) is 5.82 Å². The van der Waals surface area contributed by atoms with E-state index in [0.717, 1.165) is 11.8 Å². The Morgan fingerprint density at radius 1 is 1.00 bits per heavy atom. The number of sulfonamides is 1. The summed E-state index contributed by atoms with van der Waals surface area (Å²) in [4.78, 5) is 26.0. The van der Waals surface area contributed by atoms with Crippen molar-refractivity contribution >= 4 is 50.2 Å². The monoisotopic (exact) mass is 566 g/mol. The first-order valence-corrected chi connectivity index (χ1v) is 14.4. The van der Waals surface area contributed by atoms with Gasteiger partial charge in [-0.1, -0.05) is 24.3 Å². The van der Waals surface area contributed by atoms with Gasteiger partial charge in [0.25, 0.3) is 5.91 Å². The van der Waals surface area contributed by atoms with E-state index in [9.17, 15) is 22.4 Å². The number of carbonyl (C=O) groups excluding carboxylic acids is 1. The van der Waals surface area contributed by atoms with E-state index < -0.39 is 27.7 Å². The lowest BCUT2D eigenvalue weighted by molar-refractivity contribution is -0.137. The number of anilines is 3. The number of nitrogens with one attached hydrogen (secondary N) is 2. The van der Waals surface area contributed by atoms with Crippen molar-refractivity contribution in [3.8, 4) is 0 Å². The molecule has 0 radical (unpaired) electrons. The number of halogens is 1. The molecule has 1 heterocycles. The molecule has 3 aromatic carbocycles. The normalized spacial score (nSPS) is 14.1. The van der Waals surface area contributed by atoms with Crippen molar-refractivity contribution in [1.82, 2.24) is 4.90 Å². The Morgan fingerprint density at radius 3 is 2.27 bits per heavy atom. The maximum atomic E-state index is 13.9. The number of rotatable bonds is 11. The van der Waals surface area contributed by atoms with Crippen LogP contribution in [0.15, 0.2) is 66.7 Å². The van der Waals surface area contributed by atoms with Gasteiger partial charge >= 0.3 is 5.97 Å². The van der Waals surface area contributed by atoms with Gasteiger partial charge in [-0.25, -0.2) is 12.8 Å². The summed E-state index contributed by atoms with van der Waals surface area (Å²) in [6.07, 6.45) is 1.53. The number of carboxylic acids is 1. The zero-order chi connectivity index (χ0) is 29.0. The van der Waals surface area contributed by atoms with Crippen LogP contribution in [0.3, 0.4) is 0 Å². The molecule has 0 saturated carbocycles. The Labute approximate surface area is 233 Å². The van der Waals surface area contributed by atoms with Gasteiger partial charge in [-0.2, -0.15) is 0 Å². The number of likely N-dealkylation sites (N-methyl/N-ethyl adjacent to an activating group) is 1. The van der Waals surface area contributed by atoms with E-state index in [4.69, 9.17) is 5.11 Å². The van der Waals surface area contributed by atoms with Crippen LogP contribution >= 0.6 is 0 Å². The van der Waals surface area contributed by atoms with Gasteiger partial charge in [0.15, 0.2) is 0 Å². The Hall–Kier alpha value is -4.22. The van der Waals surface area contributed by atoms with Crippen molar-refractivity contribution in [3.05, 3.63) is 89.2 Å². The molecule has 1 amide bonds. The molecule has 0 spiro atoms. The molecule has 0 fully saturated rings. The highest BCUT2D eigenvalue weighted by molar-refractivity contribution is 7.92. The van der Waals surface area contributed by atoms with Crippen LogP contribution in [-0.2, 0) is 26.0 Å². The SMILES string of the molecule is CN(C)CCN(c1ccc(N/C(=C2\C(=O)Nc3cc(F)ccc32)c2ccc(CCC(=O)O)cc2)cc1)S(C)(=O)=O. The molecular formula is C29H31FN4O5S. The molecule has 4 rings (SSSR count). The van der Waals surface area contributed by atoms with Crippen LogP contribution in [0, 0.1) is 5.82 Å². The molecular weight excluding hydrogens is 535 g/mol. The van der Waals surface area contributed by atoms with Crippen molar-refractivity contribution in [1.29, 1.82) is 0 Å². The summed E-state index contributed by atoms with van der Waals surface area (Å²) in [5, 5.41) is 15.0. The zero-order valence-corrected chi connectivity index (χ0v) is 23.3. The van der Waals surface area contributed by atoms with Gasteiger partial charge in [-0.15, -0.1) is 0 Å². The van der Waals surface area contributed by atoms with Crippen LogP contribution in [0.25, 0.3) is 11.3 Å². The quantitative estimate of drug-likeness (QED) is 0.299. The number of aliphatic carboxylic acids is 1. The van der Waals surface area contributed by atoms with E-state index >= 15 is 0 Å². The molecule has 210 valence electrons. The van der Waals surface area contributed by atoms with Crippen LogP contribution in [0.1, 0.15) is 23.1 Å². The largest absolute Gasteiger partial charge is 0.481 e. The molecule has 0 saturated heterocycles. The Morgan fingerprint density at radius 2 is 1.68 bits per heavy atom. The predicted octanol–water partition coefficient (Wildman–Crippen LogP) is 4.10. The smallest absolute Gasteiger partial charge is 0.303 e. The Balaban J connectivity index is 1.72. The van der Waals surface area contributed by atoms with Crippen molar-refractivity contribution in [3.63, 3.8) is 0 Å². The van der Waals surface area contributed by atoms with E-state index in [1.54, 1.807) is 54.6 Å². The molecule has 1 aliphatic rings. The number of hydrogen-bond acceptors (Lipinski definition) is 6. The number of carboxylic acid groups (broad SMARTS) is 1. The third-order valence-corrected chi connectivity index (χ3v) is 7.62. The second-order valence-electron chi connectivity index (χ2n) is 9.79. The summed E-state index contributed by atoms with van der Waals surface area (Å²) in [7, 11) is 0.228. The highest BCUT2D eigenvalue weighted by atomic mass is 32.2. The fourth-order valence-electron chi connectivity index (χ4n) is 4.39. The summed E-state index contributed by atoms with van der Waals surface area (Å²) < 4.78 is 40.1. The van der Waals surface area contributed by atoms with Crippen molar-refractivity contribution in [2.24, 2.45) is 0 Å². The van der Waals surface area contributed by atoms with Gasteiger partial charge in [-0.3, -0.25) is 13.9 Å². The van der Waals surface area contributed by atoms with E-state index in [2.05, 4.69) is 10.6 Å².